The van der Waals surface area contributed by atoms with Gasteiger partial charge in [0.05, 0.1) is 22.5 Å². The summed E-state index contributed by atoms with van der Waals surface area (Å²) < 4.78 is 0. The molecule has 0 atom stereocenters. The van der Waals surface area contributed by atoms with E-state index >= 15 is 0 Å². The number of rotatable bonds is 5. The topological polar surface area (TPSA) is 49.3 Å². The zero-order chi connectivity index (χ0) is 22.5. The Kier molecular flexibility index (Phi) is 6.22. The maximum atomic E-state index is 13.5. The fraction of sp³-hybridized carbons (Fsp3) is 0.179. The summed E-state index contributed by atoms with van der Waals surface area (Å²) in [6.45, 7) is 4.04. The molecule has 1 saturated heterocycles. The van der Waals surface area contributed by atoms with E-state index in [1.807, 2.05) is 71.6 Å². The maximum absolute atomic E-state index is 13.5. The van der Waals surface area contributed by atoms with Gasteiger partial charge in [0.2, 0.25) is 0 Å². The van der Waals surface area contributed by atoms with Crippen molar-refractivity contribution in [1.82, 2.24) is 19.8 Å². The number of pyridine rings is 2. The first-order valence-corrected chi connectivity index (χ1v) is 11.3. The second-order valence-corrected chi connectivity index (χ2v) is 8.19. The Hall–Kier alpha value is -3.83. The fourth-order valence-electron chi connectivity index (χ4n) is 4.20. The molecule has 164 valence electrons. The van der Waals surface area contributed by atoms with Crippen molar-refractivity contribution in [2.75, 3.05) is 32.7 Å². The van der Waals surface area contributed by atoms with Gasteiger partial charge in [-0.25, -0.2) is 4.98 Å². The van der Waals surface area contributed by atoms with Crippen molar-refractivity contribution < 1.29 is 4.79 Å². The lowest BCUT2D eigenvalue weighted by Gasteiger charge is -2.34. The van der Waals surface area contributed by atoms with Gasteiger partial charge < -0.3 is 4.90 Å². The Balaban J connectivity index is 1.31. The van der Waals surface area contributed by atoms with Crippen LogP contribution in [-0.2, 0) is 0 Å². The Labute approximate surface area is 194 Å². The zero-order valence-electron chi connectivity index (χ0n) is 18.5. The summed E-state index contributed by atoms with van der Waals surface area (Å²) in [4.78, 5) is 27.1. The summed E-state index contributed by atoms with van der Waals surface area (Å²) in [5.74, 6) is 0.0604. The number of nitrogens with zero attached hydrogens (tertiary/aromatic N) is 4. The van der Waals surface area contributed by atoms with Crippen LogP contribution >= 0.6 is 0 Å². The second-order valence-electron chi connectivity index (χ2n) is 8.19. The second kappa shape index (κ2) is 9.76. The van der Waals surface area contributed by atoms with Gasteiger partial charge in [-0.15, -0.1) is 0 Å². The summed E-state index contributed by atoms with van der Waals surface area (Å²) in [6.07, 6.45) is 6.10. The van der Waals surface area contributed by atoms with Crippen LogP contribution in [-0.4, -0.2) is 58.4 Å². The number of hydrogen-bond acceptors (Lipinski definition) is 4. The van der Waals surface area contributed by atoms with E-state index in [-0.39, 0.29) is 5.91 Å². The highest BCUT2D eigenvalue weighted by molar-refractivity contribution is 6.07. The molecule has 2 aromatic carbocycles. The molecule has 2 aromatic heterocycles. The molecule has 0 radical (unpaired) electrons. The molecule has 1 aliphatic heterocycles. The number of aromatic nitrogens is 2. The molecule has 0 saturated carbocycles. The van der Waals surface area contributed by atoms with Gasteiger partial charge in [-0.05, 0) is 29.8 Å². The van der Waals surface area contributed by atoms with E-state index in [1.165, 1.54) is 5.56 Å². The van der Waals surface area contributed by atoms with Gasteiger partial charge in [-0.2, -0.15) is 0 Å². The van der Waals surface area contributed by atoms with E-state index in [4.69, 9.17) is 4.98 Å². The van der Waals surface area contributed by atoms with Crippen LogP contribution in [0.3, 0.4) is 0 Å². The predicted octanol–water partition coefficient (Wildman–Crippen LogP) is 4.77. The van der Waals surface area contributed by atoms with Crippen molar-refractivity contribution in [1.29, 1.82) is 0 Å². The summed E-state index contributed by atoms with van der Waals surface area (Å²) in [5.41, 5.74) is 4.21. The van der Waals surface area contributed by atoms with E-state index in [2.05, 4.69) is 34.2 Å². The standard InChI is InChI=1S/C28H26N4O/c33-28(32-19-17-31(18-20-32)16-8-11-22-9-2-1-3-10-22)24-21-27(26-14-6-7-15-29-26)30-25-13-5-4-12-23(24)25/h1-15,21H,16-20H2/b11-8+. The molecule has 5 nitrogen and oxygen atoms in total. The lowest BCUT2D eigenvalue weighted by atomic mass is 10.0. The number of carbonyl (C=O) groups excluding carboxylic acids is 1. The van der Waals surface area contributed by atoms with Crippen LogP contribution in [0.5, 0.6) is 0 Å². The third kappa shape index (κ3) is 4.83. The van der Waals surface area contributed by atoms with E-state index in [0.29, 0.717) is 18.7 Å². The Morgan fingerprint density at radius 3 is 2.39 bits per heavy atom. The minimum absolute atomic E-state index is 0.0604. The first kappa shape index (κ1) is 21.0. The van der Waals surface area contributed by atoms with Gasteiger partial charge in [0, 0.05) is 44.3 Å². The van der Waals surface area contributed by atoms with E-state index in [0.717, 1.165) is 41.9 Å². The highest BCUT2D eigenvalue weighted by atomic mass is 16.2. The molecular formula is C28H26N4O. The van der Waals surface area contributed by atoms with E-state index in [1.54, 1.807) is 6.20 Å². The monoisotopic (exact) mass is 434 g/mol. The number of para-hydroxylation sites is 1. The normalized spacial score (nSPS) is 14.7. The number of hydrogen-bond donors (Lipinski definition) is 0. The number of piperazine rings is 1. The maximum Gasteiger partial charge on any atom is 0.254 e. The van der Waals surface area contributed by atoms with Crippen LogP contribution in [0.1, 0.15) is 15.9 Å². The van der Waals surface area contributed by atoms with Crippen LogP contribution in [0.15, 0.2) is 91.1 Å². The lowest BCUT2D eigenvalue weighted by molar-refractivity contribution is 0.0652. The fourth-order valence-corrected chi connectivity index (χ4v) is 4.20. The molecule has 3 heterocycles. The smallest absolute Gasteiger partial charge is 0.254 e. The molecule has 33 heavy (non-hydrogen) atoms. The first-order chi connectivity index (χ1) is 16.3. The average molecular weight is 435 g/mol. The Morgan fingerprint density at radius 1 is 0.848 bits per heavy atom. The van der Waals surface area contributed by atoms with Crippen LogP contribution < -0.4 is 0 Å². The minimum Gasteiger partial charge on any atom is -0.336 e. The highest BCUT2D eigenvalue weighted by Crippen LogP contribution is 2.25. The summed E-state index contributed by atoms with van der Waals surface area (Å²) in [7, 11) is 0. The van der Waals surface area contributed by atoms with Crippen LogP contribution in [0.25, 0.3) is 28.4 Å². The molecular weight excluding hydrogens is 408 g/mol. The van der Waals surface area contributed by atoms with E-state index in [9.17, 15) is 4.79 Å². The lowest BCUT2D eigenvalue weighted by Crippen LogP contribution is -2.48. The van der Waals surface area contributed by atoms with Crippen LogP contribution in [0.4, 0.5) is 0 Å². The van der Waals surface area contributed by atoms with Gasteiger partial charge >= 0.3 is 0 Å². The molecule has 5 heteroatoms. The largest absolute Gasteiger partial charge is 0.336 e. The minimum atomic E-state index is 0.0604. The van der Waals surface area contributed by atoms with Gasteiger partial charge in [0.25, 0.3) is 5.91 Å². The van der Waals surface area contributed by atoms with Crippen LogP contribution in [0.2, 0.25) is 0 Å². The molecule has 1 fully saturated rings. The van der Waals surface area contributed by atoms with Gasteiger partial charge in [0.1, 0.15) is 0 Å². The van der Waals surface area contributed by atoms with Gasteiger partial charge in [-0.1, -0.05) is 66.7 Å². The third-order valence-corrected chi connectivity index (χ3v) is 6.01. The van der Waals surface area contributed by atoms with Crippen molar-refractivity contribution in [2.24, 2.45) is 0 Å². The average Bonchev–Trinajstić information content (AvgIpc) is 2.89. The Morgan fingerprint density at radius 2 is 1.61 bits per heavy atom. The third-order valence-electron chi connectivity index (χ3n) is 6.01. The van der Waals surface area contributed by atoms with Crippen LogP contribution in [0, 0.1) is 0 Å². The molecule has 1 aliphatic rings. The van der Waals surface area contributed by atoms with Gasteiger partial charge in [0.15, 0.2) is 0 Å². The molecule has 0 unspecified atom stereocenters. The number of benzene rings is 2. The molecule has 4 aromatic rings. The summed E-state index contributed by atoms with van der Waals surface area (Å²) >= 11 is 0. The number of fused-ring (bicyclic) bond motifs is 1. The van der Waals surface area contributed by atoms with Crippen molar-refractivity contribution >= 4 is 22.9 Å². The Bertz CT molecular complexity index is 1260. The van der Waals surface area contributed by atoms with Crippen molar-refractivity contribution in [3.05, 3.63) is 102 Å². The van der Waals surface area contributed by atoms with Gasteiger partial charge in [-0.3, -0.25) is 14.7 Å². The molecule has 1 amide bonds. The number of amides is 1. The van der Waals surface area contributed by atoms with E-state index < -0.39 is 0 Å². The molecule has 0 spiro atoms. The number of carbonyl (C=O) groups is 1. The summed E-state index contributed by atoms with van der Waals surface area (Å²) in [5, 5.41) is 0.885. The quantitative estimate of drug-likeness (QED) is 0.454. The van der Waals surface area contributed by atoms with Crippen molar-refractivity contribution in [3.63, 3.8) is 0 Å². The highest BCUT2D eigenvalue weighted by Gasteiger charge is 2.24. The zero-order valence-corrected chi connectivity index (χ0v) is 18.5. The predicted molar refractivity (Wildman–Crippen MR) is 133 cm³/mol. The molecule has 0 bridgehead atoms. The SMILES string of the molecule is O=C(c1cc(-c2ccccn2)nc2ccccc12)N1CCN(C/C=C/c2ccccc2)CC1. The van der Waals surface area contributed by atoms with Crippen molar-refractivity contribution in [3.8, 4) is 11.4 Å². The molecule has 0 N–H and O–H groups in total. The molecule has 0 aliphatic carbocycles. The first-order valence-electron chi connectivity index (χ1n) is 11.3. The summed E-state index contributed by atoms with van der Waals surface area (Å²) in [6, 6.07) is 25.8. The van der Waals surface area contributed by atoms with Crippen molar-refractivity contribution in [2.45, 2.75) is 0 Å². The molecule has 5 rings (SSSR count).